The van der Waals surface area contributed by atoms with E-state index >= 15 is 0 Å². The maximum atomic E-state index is 13.2. The number of rotatable bonds is 4. The lowest BCUT2D eigenvalue weighted by Crippen LogP contribution is -2.36. The number of aliphatic hydroxyl groups is 1. The lowest BCUT2D eigenvalue weighted by atomic mass is 9.95. The summed E-state index contributed by atoms with van der Waals surface area (Å²) in [6, 6.07) is 5.85. The Labute approximate surface area is 116 Å². The van der Waals surface area contributed by atoms with Crippen molar-refractivity contribution in [2.45, 2.75) is 13.8 Å². The summed E-state index contributed by atoms with van der Waals surface area (Å²) < 4.78 is 13.2. The normalized spacial score (nSPS) is 11.6. The molecular formula is C15H17FN2O2. The summed E-state index contributed by atoms with van der Waals surface area (Å²) in [5.41, 5.74) is 0.627. The molecule has 0 fully saturated rings. The van der Waals surface area contributed by atoms with Crippen molar-refractivity contribution in [2.75, 3.05) is 13.2 Å². The van der Waals surface area contributed by atoms with Crippen LogP contribution >= 0.6 is 0 Å². The Morgan fingerprint density at radius 3 is 2.85 bits per heavy atom. The van der Waals surface area contributed by atoms with Gasteiger partial charge in [-0.3, -0.25) is 9.78 Å². The van der Waals surface area contributed by atoms with Crippen molar-refractivity contribution in [3.8, 4) is 0 Å². The molecule has 5 heteroatoms. The highest BCUT2D eigenvalue weighted by atomic mass is 19.1. The number of amides is 1. The number of aromatic nitrogens is 1. The van der Waals surface area contributed by atoms with Crippen LogP contribution in [0.4, 0.5) is 4.39 Å². The Morgan fingerprint density at radius 1 is 1.40 bits per heavy atom. The van der Waals surface area contributed by atoms with E-state index in [2.05, 4.69) is 10.3 Å². The van der Waals surface area contributed by atoms with Crippen molar-refractivity contribution in [3.05, 3.63) is 41.8 Å². The summed E-state index contributed by atoms with van der Waals surface area (Å²) in [7, 11) is 0. The Balaban J connectivity index is 2.18. The van der Waals surface area contributed by atoms with Gasteiger partial charge in [-0.1, -0.05) is 13.8 Å². The second-order valence-electron chi connectivity index (χ2n) is 5.57. The van der Waals surface area contributed by atoms with Gasteiger partial charge in [0.15, 0.2) is 0 Å². The molecule has 2 N–H and O–H groups in total. The van der Waals surface area contributed by atoms with E-state index in [0.717, 1.165) is 0 Å². The van der Waals surface area contributed by atoms with Gasteiger partial charge in [0, 0.05) is 30.1 Å². The van der Waals surface area contributed by atoms with Crippen molar-refractivity contribution in [1.29, 1.82) is 0 Å². The maximum Gasteiger partial charge on any atom is 0.252 e. The topological polar surface area (TPSA) is 62.2 Å². The van der Waals surface area contributed by atoms with Crippen LogP contribution in [0.2, 0.25) is 0 Å². The van der Waals surface area contributed by atoms with Gasteiger partial charge in [-0.05, 0) is 24.3 Å². The van der Waals surface area contributed by atoms with Crippen LogP contribution in [0.3, 0.4) is 0 Å². The summed E-state index contributed by atoms with van der Waals surface area (Å²) >= 11 is 0. The van der Waals surface area contributed by atoms with E-state index in [9.17, 15) is 9.18 Å². The zero-order valence-electron chi connectivity index (χ0n) is 11.5. The molecule has 1 aromatic carbocycles. The largest absolute Gasteiger partial charge is 0.396 e. The molecule has 0 bridgehead atoms. The summed E-state index contributed by atoms with van der Waals surface area (Å²) in [6.07, 6.45) is 1.46. The van der Waals surface area contributed by atoms with Crippen LogP contribution in [0.15, 0.2) is 30.5 Å². The molecule has 0 aliphatic carbocycles. The van der Waals surface area contributed by atoms with Crippen molar-refractivity contribution < 1.29 is 14.3 Å². The van der Waals surface area contributed by atoms with E-state index in [0.29, 0.717) is 23.0 Å². The summed E-state index contributed by atoms with van der Waals surface area (Å²) in [6.45, 7) is 4.03. The van der Waals surface area contributed by atoms with Gasteiger partial charge in [-0.2, -0.15) is 0 Å². The van der Waals surface area contributed by atoms with Gasteiger partial charge in [0.1, 0.15) is 5.82 Å². The van der Waals surface area contributed by atoms with E-state index in [1.165, 1.54) is 18.3 Å². The molecule has 2 rings (SSSR count). The third-order valence-corrected chi connectivity index (χ3v) is 3.06. The summed E-state index contributed by atoms with van der Waals surface area (Å²) in [4.78, 5) is 16.1. The third-order valence-electron chi connectivity index (χ3n) is 3.06. The minimum atomic E-state index is -0.383. The standard InChI is InChI=1S/C15H17FN2O2/c1-15(2,9-19)8-18-14(20)11-5-10-6-12(16)3-4-13(10)17-7-11/h3-7,19H,8-9H2,1-2H3,(H,18,20). The van der Waals surface area contributed by atoms with Crippen LogP contribution in [-0.2, 0) is 0 Å². The maximum absolute atomic E-state index is 13.2. The van der Waals surface area contributed by atoms with Crippen molar-refractivity contribution in [1.82, 2.24) is 10.3 Å². The van der Waals surface area contributed by atoms with Crippen molar-refractivity contribution in [2.24, 2.45) is 5.41 Å². The molecule has 1 amide bonds. The van der Waals surface area contributed by atoms with E-state index in [-0.39, 0.29) is 23.7 Å². The number of hydrogen-bond acceptors (Lipinski definition) is 3. The number of nitrogens with one attached hydrogen (secondary N) is 1. The number of benzene rings is 1. The minimum Gasteiger partial charge on any atom is -0.396 e. The predicted molar refractivity (Wildman–Crippen MR) is 74.9 cm³/mol. The Kier molecular flexibility index (Phi) is 3.99. The molecule has 4 nitrogen and oxygen atoms in total. The van der Waals surface area contributed by atoms with Gasteiger partial charge in [-0.15, -0.1) is 0 Å². The quantitative estimate of drug-likeness (QED) is 0.899. The van der Waals surface area contributed by atoms with Gasteiger partial charge in [-0.25, -0.2) is 4.39 Å². The van der Waals surface area contributed by atoms with Gasteiger partial charge in [0.05, 0.1) is 11.1 Å². The van der Waals surface area contributed by atoms with E-state index in [4.69, 9.17) is 5.11 Å². The lowest BCUT2D eigenvalue weighted by Gasteiger charge is -2.21. The fourth-order valence-corrected chi connectivity index (χ4v) is 1.70. The first-order chi connectivity index (χ1) is 9.41. The second-order valence-corrected chi connectivity index (χ2v) is 5.57. The fraction of sp³-hybridized carbons (Fsp3) is 0.333. The fourth-order valence-electron chi connectivity index (χ4n) is 1.70. The lowest BCUT2D eigenvalue weighted by molar-refractivity contribution is 0.0911. The average Bonchev–Trinajstić information content (AvgIpc) is 2.44. The van der Waals surface area contributed by atoms with Crippen molar-refractivity contribution >= 4 is 16.8 Å². The average molecular weight is 276 g/mol. The van der Waals surface area contributed by atoms with Crippen LogP contribution in [-0.4, -0.2) is 29.1 Å². The highest BCUT2D eigenvalue weighted by Gasteiger charge is 2.18. The van der Waals surface area contributed by atoms with E-state index < -0.39 is 0 Å². The number of carbonyl (C=O) groups excluding carboxylic acids is 1. The van der Waals surface area contributed by atoms with Crippen LogP contribution in [0.5, 0.6) is 0 Å². The molecule has 0 atom stereocenters. The molecule has 1 heterocycles. The third kappa shape index (κ3) is 3.30. The summed E-state index contributed by atoms with van der Waals surface area (Å²) in [5.74, 6) is -0.650. The summed E-state index contributed by atoms with van der Waals surface area (Å²) in [5, 5.41) is 12.5. The molecule has 0 radical (unpaired) electrons. The molecule has 1 aromatic heterocycles. The number of halogens is 1. The number of hydrogen-bond donors (Lipinski definition) is 2. The van der Waals surface area contributed by atoms with Crippen LogP contribution in [0.1, 0.15) is 24.2 Å². The molecule has 0 aliphatic heterocycles. The Morgan fingerprint density at radius 2 is 2.15 bits per heavy atom. The second kappa shape index (κ2) is 5.54. The van der Waals surface area contributed by atoms with Crippen LogP contribution in [0.25, 0.3) is 10.9 Å². The molecule has 2 aromatic rings. The molecule has 20 heavy (non-hydrogen) atoms. The first kappa shape index (κ1) is 14.4. The van der Waals surface area contributed by atoms with Crippen molar-refractivity contribution in [3.63, 3.8) is 0 Å². The van der Waals surface area contributed by atoms with Gasteiger partial charge >= 0.3 is 0 Å². The van der Waals surface area contributed by atoms with Gasteiger partial charge < -0.3 is 10.4 Å². The first-order valence-corrected chi connectivity index (χ1v) is 6.36. The van der Waals surface area contributed by atoms with Gasteiger partial charge in [0.25, 0.3) is 5.91 Å². The van der Waals surface area contributed by atoms with E-state index in [1.54, 1.807) is 12.1 Å². The number of fused-ring (bicyclic) bond motifs is 1. The molecule has 0 unspecified atom stereocenters. The van der Waals surface area contributed by atoms with Crippen LogP contribution in [0, 0.1) is 11.2 Å². The number of pyridine rings is 1. The Bertz CT molecular complexity index is 641. The molecular weight excluding hydrogens is 259 g/mol. The minimum absolute atomic E-state index is 0.0194. The first-order valence-electron chi connectivity index (χ1n) is 6.36. The Hall–Kier alpha value is -2.01. The van der Waals surface area contributed by atoms with E-state index in [1.807, 2.05) is 13.8 Å². The monoisotopic (exact) mass is 276 g/mol. The van der Waals surface area contributed by atoms with Crippen LogP contribution < -0.4 is 5.32 Å². The molecule has 0 saturated carbocycles. The number of aliphatic hydroxyl groups excluding tert-OH is 1. The zero-order valence-corrected chi connectivity index (χ0v) is 11.5. The number of nitrogens with zero attached hydrogens (tertiary/aromatic N) is 1. The zero-order chi connectivity index (χ0) is 14.8. The molecule has 0 spiro atoms. The molecule has 0 saturated heterocycles. The van der Waals surface area contributed by atoms with Gasteiger partial charge in [0.2, 0.25) is 0 Å². The number of carbonyl (C=O) groups is 1. The molecule has 106 valence electrons. The molecule has 0 aliphatic rings. The SMILES string of the molecule is CC(C)(CO)CNC(=O)c1cnc2ccc(F)cc2c1. The smallest absolute Gasteiger partial charge is 0.252 e. The highest BCUT2D eigenvalue weighted by molar-refractivity contribution is 5.97. The highest BCUT2D eigenvalue weighted by Crippen LogP contribution is 2.16. The predicted octanol–water partition coefficient (Wildman–Crippen LogP) is 2.12.